The van der Waals surface area contributed by atoms with Crippen LogP contribution in [0.2, 0.25) is 0 Å². The molecule has 2 amide bonds. The molecule has 2 aromatic carbocycles. The van der Waals surface area contributed by atoms with Crippen molar-refractivity contribution in [3.63, 3.8) is 0 Å². The normalized spacial score (nSPS) is 15.3. The van der Waals surface area contributed by atoms with E-state index in [0.717, 1.165) is 5.56 Å². The minimum Gasteiger partial charge on any atom is -0.497 e. The van der Waals surface area contributed by atoms with E-state index in [2.05, 4.69) is 5.10 Å². The molecule has 0 unspecified atom stereocenters. The highest BCUT2D eigenvalue weighted by Gasteiger charge is 2.35. The Morgan fingerprint density at radius 1 is 1.11 bits per heavy atom. The fraction of sp³-hybridized carbons (Fsp3) is 0.444. The predicted molar refractivity (Wildman–Crippen MR) is 139 cm³/mol. The minimum absolute atomic E-state index is 0.0203. The highest BCUT2D eigenvalue weighted by molar-refractivity contribution is 6.03. The smallest absolute Gasteiger partial charge is 0.269 e. The molecule has 0 saturated carbocycles. The third kappa shape index (κ3) is 7.36. The molecular weight excluding hydrogens is 476 g/mol. The van der Waals surface area contributed by atoms with Gasteiger partial charge in [-0.2, -0.15) is 5.10 Å². The Labute approximate surface area is 217 Å². The van der Waals surface area contributed by atoms with E-state index in [4.69, 9.17) is 9.47 Å². The van der Waals surface area contributed by atoms with Crippen LogP contribution in [-0.2, 0) is 14.3 Å². The Morgan fingerprint density at radius 3 is 2.30 bits per heavy atom. The van der Waals surface area contributed by atoms with Gasteiger partial charge in [0.05, 0.1) is 30.4 Å². The van der Waals surface area contributed by atoms with Gasteiger partial charge in [-0.15, -0.1) is 0 Å². The summed E-state index contributed by atoms with van der Waals surface area (Å²) in [4.78, 5) is 38.7. The Morgan fingerprint density at radius 2 is 1.76 bits per heavy atom. The van der Waals surface area contributed by atoms with Crippen molar-refractivity contribution in [2.75, 3.05) is 33.9 Å². The number of nitrogens with zero attached hydrogens (tertiary/aromatic N) is 4. The van der Waals surface area contributed by atoms with E-state index in [1.54, 1.807) is 26.4 Å². The average molecular weight is 511 g/mol. The van der Waals surface area contributed by atoms with Crippen LogP contribution in [0.3, 0.4) is 0 Å². The summed E-state index contributed by atoms with van der Waals surface area (Å²) < 4.78 is 10.4. The van der Waals surface area contributed by atoms with E-state index in [1.165, 1.54) is 22.0 Å². The summed E-state index contributed by atoms with van der Waals surface area (Å²) in [6.07, 6.45) is 0.715. The molecule has 0 N–H and O–H groups in total. The second-order valence-corrected chi connectivity index (χ2v) is 10.1. The number of amides is 2. The lowest BCUT2D eigenvalue weighted by atomic mass is 9.91. The van der Waals surface area contributed by atoms with Crippen LogP contribution in [0.4, 0.5) is 5.69 Å². The van der Waals surface area contributed by atoms with Gasteiger partial charge in [0.15, 0.2) is 0 Å². The first-order chi connectivity index (χ1) is 17.5. The highest BCUT2D eigenvalue weighted by atomic mass is 16.6. The van der Waals surface area contributed by atoms with Crippen LogP contribution in [0.1, 0.15) is 50.8 Å². The molecule has 10 heteroatoms. The van der Waals surface area contributed by atoms with Crippen molar-refractivity contribution in [2.45, 2.75) is 39.7 Å². The third-order valence-corrected chi connectivity index (χ3v) is 6.00. The van der Waals surface area contributed by atoms with Crippen molar-refractivity contribution in [1.29, 1.82) is 0 Å². The molecule has 198 valence electrons. The van der Waals surface area contributed by atoms with Crippen LogP contribution in [0.25, 0.3) is 0 Å². The standard InChI is InChI=1S/C27H34N4O6/c1-27(2,3)17-25(32)29(14-15-36-4)18-26(33)30-24(20-8-12-22(37-5)13-9-20)16-23(28-30)19-6-10-21(11-7-19)31(34)35/h6-13,24H,14-18H2,1-5H3/t24-/m0/s1. The number of methoxy groups -OCH3 is 2. The molecule has 1 heterocycles. The van der Waals surface area contributed by atoms with Crippen molar-refractivity contribution in [3.05, 3.63) is 69.8 Å². The van der Waals surface area contributed by atoms with Crippen molar-refractivity contribution in [3.8, 4) is 5.75 Å². The van der Waals surface area contributed by atoms with Gasteiger partial charge in [-0.3, -0.25) is 19.7 Å². The maximum atomic E-state index is 13.6. The van der Waals surface area contributed by atoms with Gasteiger partial charge in [-0.25, -0.2) is 5.01 Å². The van der Waals surface area contributed by atoms with Crippen LogP contribution < -0.4 is 4.74 Å². The molecule has 1 atom stereocenters. The number of ether oxygens (including phenoxy) is 2. The Hall–Kier alpha value is -3.79. The van der Waals surface area contributed by atoms with Gasteiger partial charge in [0.25, 0.3) is 11.6 Å². The number of benzene rings is 2. The number of carbonyl (C=O) groups is 2. The summed E-state index contributed by atoms with van der Waals surface area (Å²) in [5, 5.41) is 17.1. The maximum Gasteiger partial charge on any atom is 0.269 e. The number of carbonyl (C=O) groups excluding carboxylic acids is 2. The summed E-state index contributed by atoms with van der Waals surface area (Å²) in [5.74, 6) is 0.239. The van der Waals surface area contributed by atoms with Crippen LogP contribution in [-0.4, -0.2) is 66.3 Å². The SMILES string of the molecule is COCCN(CC(=O)N1N=C(c2ccc([N+](=O)[O-])cc2)C[C@H]1c1ccc(OC)cc1)C(=O)CC(C)(C)C. The number of non-ortho nitro benzene ring substituents is 1. The maximum absolute atomic E-state index is 13.6. The topological polar surface area (TPSA) is 115 Å². The van der Waals surface area contributed by atoms with E-state index >= 15 is 0 Å². The van der Waals surface area contributed by atoms with E-state index in [1.807, 2.05) is 45.0 Å². The molecule has 1 aliphatic heterocycles. The van der Waals surface area contributed by atoms with Crippen LogP contribution in [0.15, 0.2) is 53.6 Å². The molecular formula is C27H34N4O6. The van der Waals surface area contributed by atoms with Crippen LogP contribution in [0.5, 0.6) is 5.75 Å². The summed E-state index contributed by atoms with van der Waals surface area (Å²) >= 11 is 0. The minimum atomic E-state index is -0.459. The molecule has 0 aliphatic carbocycles. The predicted octanol–water partition coefficient (Wildman–Crippen LogP) is 4.19. The quantitative estimate of drug-likeness (QED) is 0.350. The molecule has 0 bridgehead atoms. The van der Waals surface area contributed by atoms with Crippen LogP contribution in [0, 0.1) is 15.5 Å². The number of nitro benzene ring substituents is 1. The molecule has 3 rings (SSSR count). The fourth-order valence-electron chi connectivity index (χ4n) is 4.07. The number of rotatable bonds is 10. The van der Waals surface area contributed by atoms with E-state index in [0.29, 0.717) is 36.5 Å². The summed E-state index contributed by atoms with van der Waals surface area (Å²) in [6.45, 7) is 6.38. The zero-order valence-electron chi connectivity index (χ0n) is 22.0. The van der Waals surface area contributed by atoms with Crippen molar-refractivity contribution in [1.82, 2.24) is 9.91 Å². The number of hydrazone groups is 1. The Balaban J connectivity index is 1.90. The monoisotopic (exact) mass is 510 g/mol. The van der Waals surface area contributed by atoms with E-state index < -0.39 is 11.0 Å². The first-order valence-corrected chi connectivity index (χ1v) is 12.1. The molecule has 37 heavy (non-hydrogen) atoms. The van der Waals surface area contributed by atoms with Gasteiger partial charge in [0.2, 0.25) is 5.91 Å². The van der Waals surface area contributed by atoms with Gasteiger partial charge in [-0.1, -0.05) is 32.9 Å². The van der Waals surface area contributed by atoms with Gasteiger partial charge in [0.1, 0.15) is 12.3 Å². The molecule has 0 spiro atoms. The molecule has 1 aliphatic rings. The average Bonchev–Trinajstić information content (AvgIpc) is 3.31. The number of hydrogen-bond donors (Lipinski definition) is 0. The largest absolute Gasteiger partial charge is 0.497 e. The second kappa shape index (κ2) is 12.0. The zero-order chi connectivity index (χ0) is 27.2. The van der Waals surface area contributed by atoms with Gasteiger partial charge >= 0.3 is 0 Å². The molecule has 10 nitrogen and oxygen atoms in total. The second-order valence-electron chi connectivity index (χ2n) is 10.1. The van der Waals surface area contributed by atoms with Crippen molar-refractivity contribution < 1.29 is 24.0 Å². The molecule has 0 saturated heterocycles. The van der Waals surface area contributed by atoms with E-state index in [-0.39, 0.29) is 36.0 Å². The molecule has 0 radical (unpaired) electrons. The van der Waals surface area contributed by atoms with Crippen molar-refractivity contribution >= 4 is 23.2 Å². The highest BCUT2D eigenvalue weighted by Crippen LogP contribution is 2.34. The summed E-state index contributed by atoms with van der Waals surface area (Å²) in [6, 6.07) is 13.1. The Bertz CT molecular complexity index is 1140. The summed E-state index contributed by atoms with van der Waals surface area (Å²) in [7, 11) is 3.13. The first kappa shape index (κ1) is 27.8. The molecule has 0 fully saturated rings. The number of nitro groups is 1. The van der Waals surface area contributed by atoms with Gasteiger partial charge in [0, 0.05) is 38.6 Å². The number of hydrogen-bond acceptors (Lipinski definition) is 7. The molecule has 2 aromatic rings. The Kier molecular flexibility index (Phi) is 8.99. The van der Waals surface area contributed by atoms with Crippen molar-refractivity contribution in [2.24, 2.45) is 10.5 Å². The molecule has 0 aromatic heterocycles. The third-order valence-electron chi connectivity index (χ3n) is 6.00. The lowest BCUT2D eigenvalue weighted by Crippen LogP contribution is -2.43. The first-order valence-electron chi connectivity index (χ1n) is 12.1. The van der Waals surface area contributed by atoms with Gasteiger partial charge < -0.3 is 14.4 Å². The van der Waals surface area contributed by atoms with Crippen LogP contribution >= 0.6 is 0 Å². The lowest BCUT2D eigenvalue weighted by molar-refractivity contribution is -0.384. The zero-order valence-corrected chi connectivity index (χ0v) is 22.0. The van der Waals surface area contributed by atoms with E-state index in [9.17, 15) is 19.7 Å². The fourth-order valence-corrected chi connectivity index (χ4v) is 4.07. The lowest BCUT2D eigenvalue weighted by Gasteiger charge is -2.29. The summed E-state index contributed by atoms with van der Waals surface area (Å²) in [5.41, 5.74) is 1.94. The van der Waals surface area contributed by atoms with Gasteiger partial charge in [-0.05, 0) is 40.8 Å².